The number of nitrogens with zero attached hydrogens (tertiary/aromatic N) is 9. The van der Waals surface area contributed by atoms with Gasteiger partial charge in [-0.2, -0.15) is 0 Å². The Balaban J connectivity index is 1.96. The van der Waals surface area contributed by atoms with E-state index in [-0.39, 0.29) is 75.3 Å². The SMILES string of the molecule is CCC1NC(=O)C(C(C)CCCC(=O)NC(C)C)N2OC(C)C(C2=O)N(C)C(=O)C2CC(C)N(C(=O)C(C)NC(=O)C(CC(C)C)N(C)C(=O)C(C(C)C)NC(=O)C(C(C)OCCCCN3CCOCC3)N(C)C(=O)C(C)N(C)C1=O)C(C)C(=O)N(C)C(CC(C)C)C(=O)N2C. The minimum absolute atomic E-state index is 0.00213. The molecule has 4 heterocycles. The van der Waals surface area contributed by atoms with Crippen LogP contribution in [0.2, 0.25) is 0 Å². The molecule has 0 radical (unpaired) electrons. The predicted molar refractivity (Wildman–Crippen MR) is 360 cm³/mol. The predicted octanol–water partition coefficient (Wildman–Crippen LogP) is 2.00. The minimum atomic E-state index is -1.47. The van der Waals surface area contributed by atoms with Crippen LogP contribution in [0.15, 0.2) is 0 Å². The third-order valence-corrected chi connectivity index (χ3v) is 19.4. The Morgan fingerprint density at radius 3 is 1.73 bits per heavy atom. The Labute approximate surface area is 570 Å². The molecule has 15 atom stereocenters. The molecule has 4 fully saturated rings. The average molecular weight is 1360 g/mol. The van der Waals surface area contributed by atoms with Crippen molar-refractivity contribution in [2.45, 2.75) is 259 Å². The molecule has 0 spiro atoms. The van der Waals surface area contributed by atoms with Crippen LogP contribution in [-0.2, 0) is 71.8 Å². The summed E-state index contributed by atoms with van der Waals surface area (Å²) in [5.74, 6) is -9.66. The quantitative estimate of drug-likeness (QED) is 0.134. The van der Waals surface area contributed by atoms with Gasteiger partial charge in [0.2, 0.25) is 65.0 Å². The lowest BCUT2D eigenvalue weighted by molar-refractivity contribution is -0.195. The van der Waals surface area contributed by atoms with Crippen LogP contribution in [0.1, 0.15) is 169 Å². The van der Waals surface area contributed by atoms with Crippen molar-refractivity contribution >= 4 is 70.9 Å². The highest BCUT2D eigenvalue weighted by Gasteiger charge is 2.53. The second kappa shape index (κ2) is 36.9. The normalized spacial score (nSPS) is 29.4. The Hall–Kier alpha value is -6.52. The van der Waals surface area contributed by atoms with Crippen LogP contribution < -0.4 is 21.3 Å². The Morgan fingerprint density at radius 2 is 1.16 bits per heavy atom. The van der Waals surface area contributed by atoms with E-state index in [1.807, 2.05) is 41.5 Å². The van der Waals surface area contributed by atoms with Crippen molar-refractivity contribution in [2.24, 2.45) is 23.7 Å². The summed E-state index contributed by atoms with van der Waals surface area (Å²) in [7, 11) is 8.50. The lowest BCUT2D eigenvalue weighted by atomic mass is 9.93. The molecular formula is C68H119N13O15. The molecule has 15 unspecified atom stereocenters. The highest BCUT2D eigenvalue weighted by Crippen LogP contribution is 2.31. The van der Waals surface area contributed by atoms with E-state index in [1.54, 1.807) is 48.5 Å². The molecule has 0 aromatic carbocycles. The monoisotopic (exact) mass is 1360 g/mol. The lowest BCUT2D eigenvalue weighted by Gasteiger charge is -2.44. The Bertz CT molecular complexity index is 2710. The number of ether oxygens (including phenoxy) is 2. The minimum Gasteiger partial charge on any atom is -0.379 e. The van der Waals surface area contributed by atoms with Gasteiger partial charge in [0.15, 0.2) is 0 Å². The van der Waals surface area contributed by atoms with Gasteiger partial charge in [0, 0.05) is 80.5 Å². The van der Waals surface area contributed by atoms with Gasteiger partial charge in [-0.05, 0) is 137 Å². The first kappa shape index (κ1) is 81.9. The van der Waals surface area contributed by atoms with Gasteiger partial charge in [0.05, 0.1) is 19.3 Å². The maximum Gasteiger partial charge on any atom is 0.272 e. The smallest absolute Gasteiger partial charge is 0.272 e. The zero-order valence-corrected chi connectivity index (χ0v) is 61.7. The van der Waals surface area contributed by atoms with E-state index in [0.717, 1.165) is 40.9 Å². The molecule has 546 valence electrons. The van der Waals surface area contributed by atoms with Crippen LogP contribution in [0.5, 0.6) is 0 Å². The number of hydrogen-bond donors (Lipinski definition) is 4. The highest BCUT2D eigenvalue weighted by molar-refractivity contribution is 6.00. The summed E-state index contributed by atoms with van der Waals surface area (Å²) < 4.78 is 11.9. The summed E-state index contributed by atoms with van der Waals surface area (Å²) in [6.45, 7) is 31.1. The number of fused-ring (bicyclic) bond motifs is 5. The second-order valence-electron chi connectivity index (χ2n) is 28.8. The summed E-state index contributed by atoms with van der Waals surface area (Å²) in [6, 6.07) is -15.7. The highest BCUT2D eigenvalue weighted by atomic mass is 16.7. The van der Waals surface area contributed by atoms with Crippen molar-refractivity contribution in [2.75, 3.05) is 81.7 Å². The van der Waals surface area contributed by atoms with Gasteiger partial charge in [-0.15, -0.1) is 0 Å². The molecule has 0 saturated carbocycles. The fraction of sp³-hybridized carbons (Fsp3) is 0.824. The van der Waals surface area contributed by atoms with Crippen molar-refractivity contribution in [3.8, 4) is 0 Å². The van der Waals surface area contributed by atoms with E-state index >= 15 is 28.8 Å². The molecule has 4 saturated heterocycles. The zero-order chi connectivity index (χ0) is 72.7. The second-order valence-corrected chi connectivity index (χ2v) is 28.8. The molecule has 0 aromatic rings. The van der Waals surface area contributed by atoms with Gasteiger partial charge in [0.1, 0.15) is 72.6 Å². The van der Waals surface area contributed by atoms with E-state index in [0.29, 0.717) is 19.6 Å². The number of rotatable bonds is 19. The van der Waals surface area contributed by atoms with Crippen LogP contribution in [0.25, 0.3) is 0 Å². The Kier molecular flexibility index (Phi) is 31.5. The molecule has 4 bridgehead atoms. The van der Waals surface area contributed by atoms with Crippen molar-refractivity contribution in [3.05, 3.63) is 0 Å². The number of nitrogens with one attached hydrogen (secondary N) is 4. The maximum absolute atomic E-state index is 15.5. The topological polar surface area (TPSA) is 310 Å². The van der Waals surface area contributed by atoms with Gasteiger partial charge in [0.25, 0.3) is 5.91 Å². The largest absolute Gasteiger partial charge is 0.379 e. The van der Waals surface area contributed by atoms with Gasteiger partial charge in [-0.1, -0.05) is 55.4 Å². The number of morpholine rings is 1. The molecule has 0 aliphatic carbocycles. The van der Waals surface area contributed by atoms with Crippen LogP contribution in [0, 0.1) is 23.7 Å². The molecule has 28 nitrogen and oxygen atoms in total. The number of carbonyl (C=O) groups is 12. The van der Waals surface area contributed by atoms with Crippen molar-refractivity contribution in [3.63, 3.8) is 0 Å². The molecule has 28 heteroatoms. The Morgan fingerprint density at radius 1 is 0.583 bits per heavy atom. The van der Waals surface area contributed by atoms with E-state index in [1.165, 1.54) is 87.6 Å². The summed E-state index contributed by atoms with van der Waals surface area (Å²) in [5, 5.41) is 12.3. The van der Waals surface area contributed by atoms with E-state index in [4.69, 9.17) is 14.3 Å². The van der Waals surface area contributed by atoms with Crippen LogP contribution in [-0.4, -0.2) is 288 Å². The molecule has 0 aromatic heterocycles. The first-order chi connectivity index (χ1) is 44.8. The summed E-state index contributed by atoms with van der Waals surface area (Å²) >= 11 is 0. The standard InChI is InChI=1S/C68H119N13O15/c1-23-49-64(89)73(17)45(13)62(87)77(21)56(47(15)95-32-25-24-29-79-30-33-94-34-31-79)60(85)72-54(40(6)7)67(92)74(18)50(35-38(2)3)58(83)70-44(12)61(86)80-43(11)37-52(76(20)65(90)51(36-39(4)5)75(19)63(88)46(80)14)66(91)78(22)57-48(16)96-81(68(57)93)55(59(84)71-49)42(10)27-26-28-53(82)69-41(8)9/h38-52,54-57H,23-37H2,1-22H3,(H,69,82)(H,70,83)(H,71,84)(H,72,85). The van der Waals surface area contributed by atoms with Gasteiger partial charge in [-0.3, -0.25) is 67.3 Å². The fourth-order valence-electron chi connectivity index (χ4n) is 13.4. The maximum atomic E-state index is 15.5. The zero-order valence-electron chi connectivity index (χ0n) is 61.7. The molecular weight excluding hydrogens is 1240 g/mol. The molecule has 12 amide bonds. The molecule has 4 aliphatic rings. The third kappa shape index (κ3) is 20.8. The van der Waals surface area contributed by atoms with E-state index < -0.39 is 162 Å². The number of carbonyl (C=O) groups excluding carboxylic acids is 12. The number of amides is 12. The average Bonchev–Trinajstić information content (AvgIpc) is 1.42. The van der Waals surface area contributed by atoms with Crippen molar-refractivity contribution in [1.82, 2.24) is 65.5 Å². The van der Waals surface area contributed by atoms with Crippen LogP contribution in [0.4, 0.5) is 0 Å². The van der Waals surface area contributed by atoms with E-state index in [2.05, 4.69) is 26.2 Å². The van der Waals surface area contributed by atoms with Crippen LogP contribution in [0.3, 0.4) is 0 Å². The number of unbranched alkanes of at least 4 members (excludes halogenated alkanes) is 1. The number of hydroxylamine groups is 2. The van der Waals surface area contributed by atoms with E-state index in [9.17, 15) is 28.8 Å². The van der Waals surface area contributed by atoms with Crippen molar-refractivity contribution < 1.29 is 71.8 Å². The van der Waals surface area contributed by atoms with Gasteiger partial charge in [-0.25, -0.2) is 5.06 Å². The number of hydrogen-bond acceptors (Lipinski definition) is 16. The first-order valence-corrected chi connectivity index (χ1v) is 34.9. The lowest BCUT2D eigenvalue weighted by Crippen LogP contribution is -2.65. The summed E-state index contributed by atoms with van der Waals surface area (Å²) in [6.07, 6.45) is -0.143. The fourth-order valence-corrected chi connectivity index (χ4v) is 13.4. The first-order valence-electron chi connectivity index (χ1n) is 34.9. The van der Waals surface area contributed by atoms with Gasteiger partial charge < -0.3 is 65.0 Å². The molecule has 96 heavy (non-hydrogen) atoms. The number of likely N-dealkylation sites (N-methyl/N-ethyl adjacent to an activating group) is 6. The van der Waals surface area contributed by atoms with Crippen LogP contribution >= 0.6 is 0 Å². The molecule has 4 rings (SSSR count). The van der Waals surface area contributed by atoms with Crippen molar-refractivity contribution in [1.29, 1.82) is 0 Å². The summed E-state index contributed by atoms with van der Waals surface area (Å²) in [5.41, 5.74) is 0. The third-order valence-electron chi connectivity index (χ3n) is 19.4. The van der Waals surface area contributed by atoms with Gasteiger partial charge >= 0.3 is 0 Å². The summed E-state index contributed by atoms with van der Waals surface area (Å²) in [4.78, 5) is 196. The molecule has 4 aliphatic heterocycles. The molecule has 4 N–H and O–H groups in total.